The lowest BCUT2D eigenvalue weighted by atomic mass is 10.2. The fraction of sp³-hybridized carbons (Fsp3) is 0.0667. The Kier molecular flexibility index (Phi) is 4.90. The second-order valence-corrected chi connectivity index (χ2v) is 5.44. The molecule has 0 bridgehead atoms. The summed E-state index contributed by atoms with van der Waals surface area (Å²) >= 11 is 11.6. The lowest BCUT2D eigenvalue weighted by Gasteiger charge is -2.09. The van der Waals surface area contributed by atoms with Crippen molar-refractivity contribution >= 4 is 52.1 Å². The molecule has 7 heteroatoms. The number of carbonyl (C=O) groups is 2. The third-order valence-corrected chi connectivity index (χ3v) is 3.58. The van der Waals surface area contributed by atoms with E-state index in [1.807, 2.05) is 6.92 Å². The lowest BCUT2D eigenvalue weighted by molar-refractivity contribution is -0.132. The molecule has 5 nitrogen and oxygen atoms in total. The molecule has 0 fully saturated rings. The van der Waals surface area contributed by atoms with Gasteiger partial charge in [-0.25, -0.2) is 0 Å². The topological polar surface area (TPSA) is 84.2 Å². The van der Waals surface area contributed by atoms with Gasteiger partial charge < -0.3 is 16.4 Å². The molecule has 4 N–H and O–H groups in total. The van der Waals surface area contributed by atoms with E-state index in [2.05, 4.69) is 10.6 Å². The molecule has 2 aromatic carbocycles. The molecule has 0 spiro atoms. The number of amides is 2. The molecule has 0 radical (unpaired) electrons. The SMILES string of the molecule is Cc1ccc(NC(=O)C(=O)Nc2ccc(Cl)c(Cl)c2)c(N)c1. The van der Waals surface area contributed by atoms with Gasteiger partial charge in [-0.2, -0.15) is 0 Å². The Bertz CT molecular complexity index is 748. The average Bonchev–Trinajstić information content (AvgIpc) is 2.45. The summed E-state index contributed by atoms with van der Waals surface area (Å²) in [7, 11) is 0. The highest BCUT2D eigenvalue weighted by Crippen LogP contribution is 2.25. The summed E-state index contributed by atoms with van der Waals surface area (Å²) in [6.45, 7) is 1.87. The van der Waals surface area contributed by atoms with Crippen LogP contribution in [0.2, 0.25) is 10.0 Å². The Morgan fingerprint density at radius 3 is 2.27 bits per heavy atom. The van der Waals surface area contributed by atoms with Crippen molar-refractivity contribution in [3.05, 3.63) is 52.0 Å². The number of nitrogen functional groups attached to an aromatic ring is 1. The largest absolute Gasteiger partial charge is 0.397 e. The normalized spacial score (nSPS) is 10.1. The zero-order valence-electron chi connectivity index (χ0n) is 11.6. The molecule has 0 heterocycles. The third kappa shape index (κ3) is 3.90. The van der Waals surface area contributed by atoms with E-state index < -0.39 is 11.8 Å². The van der Waals surface area contributed by atoms with E-state index in [1.54, 1.807) is 24.3 Å². The predicted molar refractivity (Wildman–Crippen MR) is 89.3 cm³/mol. The molecule has 0 atom stereocenters. The Balaban J connectivity index is 2.05. The Morgan fingerprint density at radius 1 is 0.955 bits per heavy atom. The van der Waals surface area contributed by atoms with Crippen molar-refractivity contribution in [3.8, 4) is 0 Å². The molecule has 114 valence electrons. The molecule has 0 aliphatic rings. The summed E-state index contributed by atoms with van der Waals surface area (Å²) in [6.07, 6.45) is 0. The summed E-state index contributed by atoms with van der Waals surface area (Å²) in [5, 5.41) is 5.51. The minimum absolute atomic E-state index is 0.280. The molecule has 0 aromatic heterocycles. The number of hydrogen-bond acceptors (Lipinski definition) is 3. The van der Waals surface area contributed by atoms with E-state index in [4.69, 9.17) is 28.9 Å². The van der Waals surface area contributed by atoms with E-state index in [-0.39, 0.29) is 5.02 Å². The standard InChI is InChI=1S/C15H13Cl2N3O2/c1-8-2-5-13(12(18)6-8)20-15(22)14(21)19-9-3-4-10(16)11(17)7-9/h2-7H,18H2,1H3,(H,19,21)(H,20,22). The van der Waals surface area contributed by atoms with Gasteiger partial charge in [0.05, 0.1) is 21.4 Å². The van der Waals surface area contributed by atoms with Crippen LogP contribution in [0.15, 0.2) is 36.4 Å². The number of aryl methyl sites for hydroxylation is 1. The van der Waals surface area contributed by atoms with Crippen molar-refractivity contribution in [1.29, 1.82) is 0 Å². The van der Waals surface area contributed by atoms with Gasteiger partial charge in [0.2, 0.25) is 0 Å². The summed E-state index contributed by atoms with van der Waals surface area (Å²) in [4.78, 5) is 23.7. The fourth-order valence-electron chi connectivity index (χ4n) is 1.74. The van der Waals surface area contributed by atoms with Gasteiger partial charge in [-0.3, -0.25) is 9.59 Å². The van der Waals surface area contributed by atoms with Gasteiger partial charge in [0, 0.05) is 5.69 Å². The number of nitrogens with one attached hydrogen (secondary N) is 2. The number of anilines is 3. The van der Waals surface area contributed by atoms with Gasteiger partial charge in [-0.1, -0.05) is 29.3 Å². The Morgan fingerprint density at radius 2 is 1.64 bits per heavy atom. The molecule has 0 saturated carbocycles. The highest BCUT2D eigenvalue weighted by atomic mass is 35.5. The molecule has 2 aromatic rings. The van der Waals surface area contributed by atoms with Crippen LogP contribution in [0.1, 0.15) is 5.56 Å². The van der Waals surface area contributed by atoms with Crippen molar-refractivity contribution in [3.63, 3.8) is 0 Å². The Labute approximate surface area is 137 Å². The molecule has 2 rings (SSSR count). The zero-order chi connectivity index (χ0) is 16.3. The zero-order valence-corrected chi connectivity index (χ0v) is 13.1. The van der Waals surface area contributed by atoms with E-state index in [0.29, 0.717) is 22.1 Å². The highest BCUT2D eigenvalue weighted by molar-refractivity contribution is 6.44. The van der Waals surface area contributed by atoms with Crippen molar-refractivity contribution in [1.82, 2.24) is 0 Å². The number of hydrogen-bond donors (Lipinski definition) is 3. The second kappa shape index (κ2) is 6.68. The summed E-state index contributed by atoms with van der Waals surface area (Å²) in [5.41, 5.74) is 7.86. The third-order valence-electron chi connectivity index (χ3n) is 2.84. The van der Waals surface area contributed by atoms with Crippen LogP contribution in [-0.4, -0.2) is 11.8 Å². The van der Waals surface area contributed by atoms with Crippen molar-refractivity contribution < 1.29 is 9.59 Å². The Hall–Kier alpha value is -2.24. The number of halogens is 2. The molecule has 22 heavy (non-hydrogen) atoms. The summed E-state index contributed by atoms with van der Waals surface area (Å²) < 4.78 is 0. The minimum Gasteiger partial charge on any atom is -0.397 e. The van der Waals surface area contributed by atoms with Crippen molar-refractivity contribution in [2.75, 3.05) is 16.4 Å². The number of rotatable bonds is 2. The highest BCUT2D eigenvalue weighted by Gasteiger charge is 2.15. The quantitative estimate of drug-likeness (QED) is 0.579. The van der Waals surface area contributed by atoms with Crippen LogP contribution in [0.5, 0.6) is 0 Å². The van der Waals surface area contributed by atoms with Gasteiger partial charge in [0.15, 0.2) is 0 Å². The maximum absolute atomic E-state index is 11.9. The molecule has 2 amide bonds. The first-order valence-electron chi connectivity index (χ1n) is 6.30. The molecule has 0 saturated heterocycles. The molecular weight excluding hydrogens is 325 g/mol. The van der Waals surface area contributed by atoms with Gasteiger partial charge in [-0.05, 0) is 42.8 Å². The van der Waals surface area contributed by atoms with Gasteiger partial charge in [0.1, 0.15) is 0 Å². The van der Waals surface area contributed by atoms with E-state index >= 15 is 0 Å². The van der Waals surface area contributed by atoms with Gasteiger partial charge in [0.25, 0.3) is 0 Å². The van der Waals surface area contributed by atoms with Gasteiger partial charge >= 0.3 is 11.8 Å². The monoisotopic (exact) mass is 337 g/mol. The van der Waals surface area contributed by atoms with E-state index in [1.165, 1.54) is 12.1 Å². The van der Waals surface area contributed by atoms with Crippen LogP contribution < -0.4 is 16.4 Å². The first-order valence-corrected chi connectivity index (χ1v) is 7.06. The van der Waals surface area contributed by atoms with Crippen LogP contribution in [0, 0.1) is 6.92 Å². The van der Waals surface area contributed by atoms with Crippen LogP contribution >= 0.6 is 23.2 Å². The maximum Gasteiger partial charge on any atom is 0.314 e. The maximum atomic E-state index is 11.9. The van der Waals surface area contributed by atoms with Crippen LogP contribution in [0.3, 0.4) is 0 Å². The van der Waals surface area contributed by atoms with Crippen molar-refractivity contribution in [2.24, 2.45) is 0 Å². The number of nitrogens with two attached hydrogens (primary N) is 1. The first-order chi connectivity index (χ1) is 10.4. The predicted octanol–water partition coefficient (Wildman–Crippen LogP) is 3.46. The van der Waals surface area contributed by atoms with Crippen LogP contribution in [0.25, 0.3) is 0 Å². The summed E-state index contributed by atoms with van der Waals surface area (Å²) in [5.74, 6) is -1.67. The smallest absolute Gasteiger partial charge is 0.314 e. The first kappa shape index (κ1) is 16.1. The second-order valence-electron chi connectivity index (χ2n) is 4.63. The minimum atomic E-state index is -0.835. The number of benzene rings is 2. The number of carbonyl (C=O) groups excluding carboxylic acids is 2. The summed E-state index contributed by atoms with van der Waals surface area (Å²) in [6, 6.07) is 9.63. The molecule has 0 aliphatic heterocycles. The molecule has 0 aliphatic carbocycles. The van der Waals surface area contributed by atoms with E-state index in [0.717, 1.165) is 5.56 Å². The molecule has 0 unspecified atom stereocenters. The fourth-order valence-corrected chi connectivity index (χ4v) is 2.03. The molecular formula is C15H13Cl2N3O2. The van der Waals surface area contributed by atoms with Gasteiger partial charge in [-0.15, -0.1) is 0 Å². The van der Waals surface area contributed by atoms with Crippen molar-refractivity contribution in [2.45, 2.75) is 6.92 Å². The lowest BCUT2D eigenvalue weighted by Crippen LogP contribution is -2.29. The average molecular weight is 338 g/mol. The van der Waals surface area contributed by atoms with E-state index in [9.17, 15) is 9.59 Å². The van der Waals surface area contributed by atoms with Crippen LogP contribution in [0.4, 0.5) is 17.1 Å². The van der Waals surface area contributed by atoms with Crippen LogP contribution in [-0.2, 0) is 9.59 Å².